The molecule has 0 aromatic carbocycles. The van der Waals surface area contributed by atoms with Gasteiger partial charge in [0.25, 0.3) is 0 Å². The van der Waals surface area contributed by atoms with Gasteiger partial charge in [-0.15, -0.1) is 24.0 Å². The highest BCUT2D eigenvalue weighted by molar-refractivity contribution is 14.0. The van der Waals surface area contributed by atoms with E-state index in [2.05, 4.69) is 10.6 Å². The maximum Gasteiger partial charge on any atom is 0.191 e. The Morgan fingerprint density at radius 3 is 2.46 bits per heavy atom. The summed E-state index contributed by atoms with van der Waals surface area (Å²) in [5, 5.41) is 7.02. The lowest BCUT2D eigenvalue weighted by Crippen LogP contribution is -2.47. The maximum absolute atomic E-state index is 11.6. The van der Waals surface area contributed by atoms with E-state index < -0.39 is 9.84 Å². The van der Waals surface area contributed by atoms with Gasteiger partial charge in [0.1, 0.15) is 0 Å². The minimum absolute atomic E-state index is 0. The van der Waals surface area contributed by atoms with Crippen LogP contribution >= 0.6 is 24.0 Å². The van der Waals surface area contributed by atoms with Crippen LogP contribution in [0.1, 0.15) is 57.8 Å². The first-order valence-corrected chi connectivity index (χ1v) is 11.8. The van der Waals surface area contributed by atoms with Crippen LogP contribution in [0.5, 0.6) is 0 Å². The highest BCUT2D eigenvalue weighted by Gasteiger charge is 2.27. The van der Waals surface area contributed by atoms with Crippen LogP contribution in [0.4, 0.5) is 0 Å². The first kappa shape index (κ1) is 22.2. The van der Waals surface area contributed by atoms with Crippen LogP contribution in [-0.2, 0) is 14.6 Å². The summed E-state index contributed by atoms with van der Waals surface area (Å²) in [5.74, 6) is 1.62. The number of sulfone groups is 1. The summed E-state index contributed by atoms with van der Waals surface area (Å²) < 4.78 is 29.1. The number of halogens is 1. The van der Waals surface area contributed by atoms with Crippen molar-refractivity contribution in [3.63, 3.8) is 0 Å². The minimum Gasteiger partial charge on any atom is -0.376 e. The van der Waals surface area contributed by atoms with E-state index in [1.54, 1.807) is 0 Å². The third-order valence-corrected chi connectivity index (χ3v) is 7.39. The Kier molecular flexibility index (Phi) is 9.43. The molecule has 1 aliphatic carbocycles. The van der Waals surface area contributed by atoms with Crippen molar-refractivity contribution in [2.45, 2.75) is 69.9 Å². The van der Waals surface area contributed by atoms with Gasteiger partial charge in [-0.05, 0) is 44.4 Å². The van der Waals surface area contributed by atoms with Gasteiger partial charge in [-0.2, -0.15) is 0 Å². The molecule has 2 N–H and O–H groups in total. The summed E-state index contributed by atoms with van der Waals surface area (Å²) in [6, 6.07) is 0.486. The standard InChI is InChI=1S/C18H33N3O3S.HI/c22-25(23)11-9-15(14-25)12-19-18(21-16-6-2-1-3-7-16)20-13-17-8-4-5-10-24-17;/h15-17H,1-14H2,(H2,19,20,21);1H. The topological polar surface area (TPSA) is 79.8 Å². The van der Waals surface area contributed by atoms with Gasteiger partial charge >= 0.3 is 0 Å². The monoisotopic (exact) mass is 499 g/mol. The zero-order valence-corrected chi connectivity index (χ0v) is 18.8. The van der Waals surface area contributed by atoms with Crippen molar-refractivity contribution in [3.8, 4) is 0 Å². The SMILES string of the molecule is I.O=S1(=O)CCC(CN=C(NCC2CCCCO2)NC2CCCCC2)C1. The number of rotatable bonds is 5. The predicted octanol–water partition coefficient (Wildman–Crippen LogP) is 2.48. The highest BCUT2D eigenvalue weighted by Crippen LogP contribution is 2.19. The number of hydrogen-bond donors (Lipinski definition) is 2. The fourth-order valence-corrected chi connectivity index (χ4v) is 5.86. The van der Waals surface area contributed by atoms with Gasteiger partial charge < -0.3 is 15.4 Å². The summed E-state index contributed by atoms with van der Waals surface area (Å²) in [7, 11) is -2.83. The molecule has 0 aromatic heterocycles. The second-order valence-electron chi connectivity index (χ2n) is 7.81. The van der Waals surface area contributed by atoms with Crippen molar-refractivity contribution in [2.24, 2.45) is 10.9 Å². The lowest BCUT2D eigenvalue weighted by atomic mass is 9.96. The molecular formula is C18H34IN3O3S. The Bertz CT molecular complexity index is 544. The number of aliphatic imine (C=N–C) groups is 1. The van der Waals surface area contributed by atoms with Crippen LogP contribution in [-0.4, -0.2) is 57.7 Å². The number of guanidine groups is 1. The van der Waals surface area contributed by atoms with E-state index in [1.165, 1.54) is 38.5 Å². The molecule has 2 atom stereocenters. The predicted molar refractivity (Wildman–Crippen MR) is 116 cm³/mol. The zero-order chi connectivity index (χ0) is 17.5. The Hall–Kier alpha value is -0.0900. The van der Waals surface area contributed by atoms with Gasteiger partial charge in [0.2, 0.25) is 0 Å². The molecule has 6 nitrogen and oxygen atoms in total. The summed E-state index contributed by atoms with van der Waals surface area (Å²) in [6.07, 6.45) is 10.8. The molecule has 0 radical (unpaired) electrons. The van der Waals surface area contributed by atoms with Crippen LogP contribution in [0.3, 0.4) is 0 Å². The van der Waals surface area contributed by atoms with E-state index >= 15 is 0 Å². The lowest BCUT2D eigenvalue weighted by Gasteiger charge is -2.27. The molecule has 0 spiro atoms. The van der Waals surface area contributed by atoms with Crippen LogP contribution in [0.25, 0.3) is 0 Å². The van der Waals surface area contributed by atoms with Gasteiger partial charge in [0.15, 0.2) is 15.8 Å². The number of hydrogen-bond acceptors (Lipinski definition) is 4. The first-order valence-electron chi connectivity index (χ1n) is 9.97. The lowest BCUT2D eigenvalue weighted by molar-refractivity contribution is 0.0194. The number of ether oxygens (including phenoxy) is 1. The van der Waals surface area contributed by atoms with Crippen molar-refractivity contribution >= 4 is 39.8 Å². The molecule has 2 saturated heterocycles. The smallest absolute Gasteiger partial charge is 0.191 e. The molecule has 2 heterocycles. The van der Waals surface area contributed by atoms with Gasteiger partial charge in [0, 0.05) is 25.7 Å². The van der Waals surface area contributed by atoms with Gasteiger partial charge in [-0.1, -0.05) is 19.3 Å². The van der Waals surface area contributed by atoms with E-state index in [9.17, 15) is 8.42 Å². The van der Waals surface area contributed by atoms with E-state index in [0.29, 0.717) is 24.1 Å². The second-order valence-corrected chi connectivity index (χ2v) is 10.0. The van der Waals surface area contributed by atoms with Gasteiger partial charge in [-0.25, -0.2) is 8.42 Å². The molecule has 8 heteroatoms. The zero-order valence-electron chi connectivity index (χ0n) is 15.6. The fraction of sp³-hybridized carbons (Fsp3) is 0.944. The van der Waals surface area contributed by atoms with E-state index in [4.69, 9.17) is 9.73 Å². The second kappa shape index (κ2) is 11.0. The van der Waals surface area contributed by atoms with Gasteiger partial charge in [0.05, 0.1) is 17.6 Å². The molecule has 3 fully saturated rings. The van der Waals surface area contributed by atoms with E-state index in [-0.39, 0.29) is 36.0 Å². The number of nitrogens with zero attached hydrogens (tertiary/aromatic N) is 1. The first-order chi connectivity index (χ1) is 12.1. The Balaban J connectivity index is 0.00000243. The molecule has 3 rings (SSSR count). The van der Waals surface area contributed by atoms with Crippen molar-refractivity contribution in [2.75, 3.05) is 31.2 Å². The van der Waals surface area contributed by atoms with Crippen LogP contribution in [0, 0.1) is 5.92 Å². The molecule has 0 bridgehead atoms. The van der Waals surface area contributed by atoms with Crippen LogP contribution in [0.2, 0.25) is 0 Å². The molecule has 2 unspecified atom stereocenters. The summed E-state index contributed by atoms with van der Waals surface area (Å²) >= 11 is 0. The van der Waals surface area contributed by atoms with Crippen molar-refractivity contribution < 1.29 is 13.2 Å². The minimum atomic E-state index is -2.83. The molecule has 0 aromatic rings. The largest absolute Gasteiger partial charge is 0.376 e. The van der Waals surface area contributed by atoms with Crippen molar-refractivity contribution in [3.05, 3.63) is 0 Å². The van der Waals surface area contributed by atoms with E-state index in [0.717, 1.165) is 38.4 Å². The normalized spacial score (nSPS) is 29.8. The average molecular weight is 499 g/mol. The maximum atomic E-state index is 11.6. The number of nitrogens with one attached hydrogen (secondary N) is 2. The Morgan fingerprint density at radius 2 is 1.81 bits per heavy atom. The fourth-order valence-electron chi connectivity index (χ4n) is 4.01. The summed E-state index contributed by atoms with van der Waals surface area (Å²) in [4.78, 5) is 4.72. The Morgan fingerprint density at radius 1 is 1.04 bits per heavy atom. The van der Waals surface area contributed by atoms with Crippen LogP contribution < -0.4 is 10.6 Å². The quantitative estimate of drug-likeness (QED) is 0.345. The third kappa shape index (κ3) is 7.50. The molecule has 1 saturated carbocycles. The molecule has 26 heavy (non-hydrogen) atoms. The van der Waals surface area contributed by atoms with Gasteiger partial charge in [-0.3, -0.25) is 4.99 Å². The molecule has 0 amide bonds. The molecule has 3 aliphatic rings. The molecule has 2 aliphatic heterocycles. The highest BCUT2D eigenvalue weighted by atomic mass is 127. The summed E-state index contributed by atoms with van der Waals surface area (Å²) in [6.45, 7) is 2.23. The Labute approximate surface area is 175 Å². The third-order valence-electron chi connectivity index (χ3n) is 5.55. The van der Waals surface area contributed by atoms with E-state index in [1.807, 2.05) is 0 Å². The van der Waals surface area contributed by atoms with Crippen molar-refractivity contribution in [1.82, 2.24) is 10.6 Å². The van der Waals surface area contributed by atoms with Crippen molar-refractivity contribution in [1.29, 1.82) is 0 Å². The summed E-state index contributed by atoms with van der Waals surface area (Å²) in [5.41, 5.74) is 0. The molecular weight excluding hydrogens is 465 g/mol. The van der Waals surface area contributed by atoms with Crippen LogP contribution in [0.15, 0.2) is 4.99 Å². The average Bonchev–Trinajstić information content (AvgIpc) is 2.98. The molecule has 152 valence electrons.